The van der Waals surface area contributed by atoms with Gasteiger partial charge in [0.15, 0.2) is 5.78 Å². The maximum Gasteiger partial charge on any atom is 0.309 e. The number of esters is 1. The van der Waals surface area contributed by atoms with Crippen LogP contribution in [0.2, 0.25) is 10.0 Å². The largest absolute Gasteiger partial charge is 0.481 e. The minimum Gasteiger partial charge on any atom is -0.481 e. The summed E-state index contributed by atoms with van der Waals surface area (Å²) in [5.41, 5.74) is 1.99. The number of hydrogen-bond donors (Lipinski definition) is 2. The van der Waals surface area contributed by atoms with Crippen LogP contribution < -0.4 is 5.32 Å². The fourth-order valence-corrected chi connectivity index (χ4v) is 14.6. The van der Waals surface area contributed by atoms with Gasteiger partial charge in [0, 0.05) is 30.2 Å². The summed E-state index contributed by atoms with van der Waals surface area (Å²) in [7, 11) is 0. The molecule has 0 aliphatic heterocycles. The fourth-order valence-electron chi connectivity index (χ4n) is 14.3. The molecule has 0 aromatic heterocycles. The molecule has 7 rings (SSSR count). The highest BCUT2D eigenvalue weighted by molar-refractivity contribution is 6.42. The first-order valence-electron chi connectivity index (χ1n) is 20.9. The van der Waals surface area contributed by atoms with Gasteiger partial charge in [-0.15, -0.1) is 0 Å². The van der Waals surface area contributed by atoms with E-state index in [4.69, 9.17) is 27.9 Å². The van der Waals surface area contributed by atoms with Crippen molar-refractivity contribution < 1.29 is 29.0 Å². The minimum atomic E-state index is -0.835. The van der Waals surface area contributed by atoms with Crippen molar-refractivity contribution >= 4 is 46.8 Å². The third-order valence-electron chi connectivity index (χ3n) is 17.6. The van der Waals surface area contributed by atoms with Gasteiger partial charge in [0.2, 0.25) is 5.91 Å². The van der Waals surface area contributed by atoms with Gasteiger partial charge in [-0.3, -0.25) is 19.2 Å². The Balaban J connectivity index is 1.12. The van der Waals surface area contributed by atoms with Gasteiger partial charge in [-0.2, -0.15) is 0 Å². The highest BCUT2D eigenvalue weighted by atomic mass is 35.5. The number of ether oxygens (including phenoxy) is 1. The van der Waals surface area contributed by atoms with Gasteiger partial charge in [0.05, 0.1) is 21.9 Å². The average Bonchev–Trinajstić information content (AvgIpc) is 3.37. The van der Waals surface area contributed by atoms with Gasteiger partial charge in [-0.1, -0.05) is 97.2 Å². The second-order valence-electron chi connectivity index (χ2n) is 21.0. The molecule has 0 bridgehead atoms. The molecule has 0 saturated heterocycles. The van der Waals surface area contributed by atoms with Crippen LogP contribution in [0.5, 0.6) is 0 Å². The summed E-state index contributed by atoms with van der Waals surface area (Å²) in [5.74, 6) is -0.548. The smallest absolute Gasteiger partial charge is 0.309 e. The number of ketones is 1. The quantitative estimate of drug-likeness (QED) is 0.254. The highest BCUT2D eigenvalue weighted by Gasteiger charge is 2.70. The van der Waals surface area contributed by atoms with Gasteiger partial charge in [0.25, 0.3) is 0 Å². The minimum absolute atomic E-state index is 0.0199. The molecule has 55 heavy (non-hydrogen) atoms. The number of amides is 1. The zero-order chi connectivity index (χ0) is 40.3. The van der Waals surface area contributed by atoms with Crippen LogP contribution in [0.15, 0.2) is 29.3 Å². The van der Waals surface area contributed by atoms with Crippen LogP contribution in [-0.2, 0) is 30.5 Å². The lowest BCUT2D eigenvalue weighted by atomic mass is 9.33. The number of aliphatic carboxylic acids is 1. The molecule has 10 atom stereocenters. The number of benzene rings is 1. The lowest BCUT2D eigenvalue weighted by Gasteiger charge is -2.72. The topological polar surface area (TPSA) is 110 Å². The van der Waals surface area contributed by atoms with Crippen molar-refractivity contribution in [3.8, 4) is 0 Å². The molecule has 6 aliphatic rings. The van der Waals surface area contributed by atoms with E-state index in [0.717, 1.165) is 62.5 Å². The zero-order valence-corrected chi connectivity index (χ0v) is 36.0. The van der Waals surface area contributed by atoms with E-state index in [1.807, 2.05) is 19.9 Å². The maximum absolute atomic E-state index is 14.0. The molecule has 302 valence electrons. The molecule has 6 aliphatic carbocycles. The summed E-state index contributed by atoms with van der Waals surface area (Å²) in [5, 5.41) is 13.7. The Morgan fingerprint density at radius 2 is 1.56 bits per heavy atom. The summed E-state index contributed by atoms with van der Waals surface area (Å²) in [6, 6.07) is 5.42. The molecule has 0 heterocycles. The molecule has 0 unspecified atom stereocenters. The molecule has 5 saturated carbocycles. The van der Waals surface area contributed by atoms with Gasteiger partial charge in [-0.05, 0) is 126 Å². The molecule has 5 fully saturated rings. The SMILES string of the molecule is CC(C)C1=C2[C@H]3CC[C@@H]4[C@@]5(C)CC[C@H](OC(=O)[C@H]6C[C@@H](C(=O)O)C6(C)C)C(C)(C)[C@@H]5CC[C@@]4(C)[C@]3(C)CC[C@@]2(CC(=O)NCc2ccc(Cl)c(Cl)c2)CC1=O. The van der Waals surface area contributed by atoms with Crippen molar-refractivity contribution in [2.75, 3.05) is 0 Å². The number of carbonyl (C=O) groups is 4. The zero-order valence-electron chi connectivity index (χ0n) is 34.5. The Hall–Kier alpha value is -2.38. The monoisotopic (exact) mass is 795 g/mol. The number of Topliss-reactive ketones (excluding diaryl/α,β-unsaturated/α-hetero) is 1. The third kappa shape index (κ3) is 6.08. The second-order valence-corrected chi connectivity index (χ2v) is 21.8. The second kappa shape index (κ2) is 13.6. The molecule has 1 aromatic rings. The van der Waals surface area contributed by atoms with E-state index in [-0.39, 0.29) is 63.2 Å². The lowest BCUT2D eigenvalue weighted by molar-refractivity contribution is -0.236. The van der Waals surface area contributed by atoms with E-state index >= 15 is 0 Å². The highest BCUT2D eigenvalue weighted by Crippen LogP contribution is 2.77. The van der Waals surface area contributed by atoms with Gasteiger partial charge < -0.3 is 15.2 Å². The van der Waals surface area contributed by atoms with Crippen LogP contribution in [0.3, 0.4) is 0 Å². The predicted octanol–water partition coefficient (Wildman–Crippen LogP) is 10.6. The van der Waals surface area contributed by atoms with Crippen LogP contribution in [-0.4, -0.2) is 34.8 Å². The molecule has 1 aromatic carbocycles. The van der Waals surface area contributed by atoms with Crippen molar-refractivity contribution in [1.29, 1.82) is 0 Å². The van der Waals surface area contributed by atoms with Gasteiger partial charge in [0.1, 0.15) is 6.10 Å². The fraction of sp³-hybridized carbons (Fsp3) is 0.739. The number of hydrogen-bond acceptors (Lipinski definition) is 5. The number of carboxylic acid groups (broad SMARTS) is 1. The van der Waals surface area contributed by atoms with Crippen LogP contribution in [0.25, 0.3) is 0 Å². The average molecular weight is 797 g/mol. The summed E-state index contributed by atoms with van der Waals surface area (Å²) in [6.45, 7) is 20.6. The number of halogens is 2. The Morgan fingerprint density at radius 1 is 0.855 bits per heavy atom. The van der Waals surface area contributed by atoms with E-state index in [1.54, 1.807) is 12.1 Å². The number of fused-ring (bicyclic) bond motifs is 7. The normalized spacial score (nSPS) is 40.0. The van der Waals surface area contributed by atoms with Crippen molar-refractivity contribution in [3.05, 3.63) is 45.0 Å². The van der Waals surface area contributed by atoms with Crippen LogP contribution in [0.4, 0.5) is 0 Å². The van der Waals surface area contributed by atoms with Crippen LogP contribution in [0, 0.1) is 68.0 Å². The lowest BCUT2D eigenvalue weighted by Crippen LogP contribution is -2.66. The van der Waals surface area contributed by atoms with E-state index in [9.17, 15) is 24.3 Å². The molecular weight excluding hydrogens is 733 g/mol. The van der Waals surface area contributed by atoms with Crippen molar-refractivity contribution in [3.63, 3.8) is 0 Å². The van der Waals surface area contributed by atoms with E-state index < -0.39 is 22.7 Å². The summed E-state index contributed by atoms with van der Waals surface area (Å²) in [6.07, 6.45) is 8.77. The first-order valence-corrected chi connectivity index (χ1v) is 21.7. The molecular formula is C46H63Cl2NO6. The number of carboxylic acids is 1. The number of nitrogens with one attached hydrogen (secondary N) is 1. The number of rotatable bonds is 8. The van der Waals surface area contributed by atoms with Crippen molar-refractivity contribution in [1.82, 2.24) is 5.32 Å². The van der Waals surface area contributed by atoms with Crippen LogP contribution in [0.1, 0.15) is 139 Å². The number of carbonyl (C=O) groups excluding carboxylic acids is 3. The predicted molar refractivity (Wildman–Crippen MR) is 215 cm³/mol. The van der Waals surface area contributed by atoms with Gasteiger partial charge >= 0.3 is 11.9 Å². The summed E-state index contributed by atoms with van der Waals surface area (Å²) in [4.78, 5) is 53.2. The standard InChI is InChI=1S/C46H63Cl2NO6/c1-25(2)37-32(50)22-46(23-36(51)49-24-26-10-12-30(47)31(48)20-26)19-18-44(8)27(38(37)46)11-13-34-43(7)16-15-35(42(5,6)33(43)14-17-45(34,44)9)55-40(54)29-21-28(39(52)53)41(29,3)4/h10,12,20,25,27-29,33-35H,11,13-19,21-24H2,1-9H3,(H,49,51)(H,52,53)/t27-,28+,29-,33+,34-,35+,43+,44-,45-,46+/m1/s1. The summed E-state index contributed by atoms with van der Waals surface area (Å²) >= 11 is 12.4. The molecule has 1 amide bonds. The molecule has 2 N–H and O–H groups in total. The van der Waals surface area contributed by atoms with Crippen molar-refractivity contribution in [2.45, 2.75) is 146 Å². The van der Waals surface area contributed by atoms with Crippen molar-refractivity contribution in [2.24, 2.45) is 68.0 Å². The Morgan fingerprint density at radius 3 is 2.20 bits per heavy atom. The first kappa shape index (κ1) is 40.8. The van der Waals surface area contributed by atoms with Gasteiger partial charge in [-0.25, -0.2) is 0 Å². The summed E-state index contributed by atoms with van der Waals surface area (Å²) < 4.78 is 6.41. The van der Waals surface area contributed by atoms with E-state index in [2.05, 4.69) is 53.8 Å². The Bertz CT molecular complexity index is 1830. The molecule has 7 nitrogen and oxygen atoms in total. The molecule has 0 radical (unpaired) electrons. The molecule has 9 heteroatoms. The Kier molecular flexibility index (Phi) is 10.1. The van der Waals surface area contributed by atoms with E-state index in [0.29, 0.717) is 47.7 Å². The Labute approximate surface area is 338 Å². The molecule has 0 spiro atoms. The third-order valence-corrected chi connectivity index (χ3v) is 18.3. The number of allylic oxidation sites excluding steroid dienone is 2. The first-order chi connectivity index (χ1) is 25.5. The maximum atomic E-state index is 14.0. The van der Waals surface area contributed by atoms with Crippen LogP contribution >= 0.6 is 23.2 Å². The van der Waals surface area contributed by atoms with E-state index in [1.165, 1.54) is 5.57 Å².